The molecule has 1 unspecified atom stereocenters. The van der Waals surface area contributed by atoms with Gasteiger partial charge in [-0.3, -0.25) is 14.4 Å². The molecule has 1 aliphatic heterocycles. The van der Waals surface area contributed by atoms with E-state index in [2.05, 4.69) is 0 Å². The molecule has 0 aromatic heterocycles. The minimum atomic E-state index is -0.915. The van der Waals surface area contributed by atoms with Crippen LogP contribution < -0.4 is 4.90 Å². The van der Waals surface area contributed by atoms with Crippen molar-refractivity contribution in [2.24, 2.45) is 0 Å². The third kappa shape index (κ3) is 5.42. The zero-order valence-electron chi connectivity index (χ0n) is 19.1. The Morgan fingerprint density at radius 1 is 1.06 bits per heavy atom. The van der Waals surface area contributed by atoms with Crippen molar-refractivity contribution < 1.29 is 23.9 Å². The monoisotopic (exact) mass is 470 g/mol. The van der Waals surface area contributed by atoms with Gasteiger partial charge in [0.05, 0.1) is 30.7 Å². The van der Waals surface area contributed by atoms with Crippen LogP contribution in [0.1, 0.15) is 50.0 Å². The summed E-state index contributed by atoms with van der Waals surface area (Å²) in [6, 6.07) is 12.1. The quantitative estimate of drug-likeness (QED) is 0.470. The Balaban J connectivity index is 1.84. The molecule has 3 rings (SSSR count). The Hall–Kier alpha value is -3.19. The maximum absolute atomic E-state index is 13.3. The summed E-state index contributed by atoms with van der Waals surface area (Å²) < 4.78 is 4.97. The van der Waals surface area contributed by atoms with Crippen LogP contribution in [0.5, 0.6) is 0 Å². The zero-order chi connectivity index (χ0) is 24.3. The second-order valence-electron chi connectivity index (χ2n) is 8.79. The Labute approximate surface area is 198 Å². The van der Waals surface area contributed by atoms with Gasteiger partial charge in [-0.1, -0.05) is 23.7 Å². The molecule has 0 saturated carbocycles. The molecule has 33 heavy (non-hydrogen) atoms. The maximum atomic E-state index is 13.3. The standard InChI is InChI=1S/C25H27ClN2O5/c1-5-33-24(32)17-8-12-19(13-9-17)27-21(29)15-20(23(27)31)28(25(2,3)4)22(30)14-16-6-10-18(26)11-7-16/h6-13,20H,5,14-15H2,1-4H3. The minimum absolute atomic E-state index is 0.0840. The van der Waals surface area contributed by atoms with Crippen molar-refractivity contribution in [2.45, 2.75) is 52.1 Å². The number of hydrogen-bond donors (Lipinski definition) is 0. The van der Waals surface area contributed by atoms with E-state index in [1.165, 1.54) is 29.2 Å². The molecule has 3 amide bonds. The summed E-state index contributed by atoms with van der Waals surface area (Å²) in [5, 5.41) is 0.570. The van der Waals surface area contributed by atoms with Crippen molar-refractivity contribution in [1.82, 2.24) is 4.90 Å². The van der Waals surface area contributed by atoms with Gasteiger partial charge in [0.25, 0.3) is 5.91 Å². The molecule has 1 atom stereocenters. The molecule has 0 aliphatic carbocycles. The van der Waals surface area contributed by atoms with Gasteiger partial charge in [0.2, 0.25) is 11.8 Å². The van der Waals surface area contributed by atoms with Gasteiger partial charge in [0.1, 0.15) is 6.04 Å². The highest BCUT2D eigenvalue weighted by molar-refractivity contribution is 6.30. The first-order valence-electron chi connectivity index (χ1n) is 10.7. The number of benzene rings is 2. The van der Waals surface area contributed by atoms with E-state index in [9.17, 15) is 19.2 Å². The summed E-state index contributed by atoms with van der Waals surface area (Å²) in [4.78, 5) is 53.9. The van der Waals surface area contributed by atoms with Crippen LogP contribution in [0, 0.1) is 0 Å². The fourth-order valence-corrected chi connectivity index (χ4v) is 4.05. The van der Waals surface area contributed by atoms with Crippen molar-refractivity contribution in [2.75, 3.05) is 11.5 Å². The third-order valence-electron chi connectivity index (χ3n) is 5.33. The van der Waals surface area contributed by atoms with Gasteiger partial charge in [-0.2, -0.15) is 0 Å². The van der Waals surface area contributed by atoms with Crippen LogP contribution in [0.15, 0.2) is 48.5 Å². The van der Waals surface area contributed by atoms with Crippen LogP contribution in [0.25, 0.3) is 0 Å². The van der Waals surface area contributed by atoms with E-state index in [1.54, 1.807) is 31.2 Å². The molecule has 1 fully saturated rings. The second-order valence-corrected chi connectivity index (χ2v) is 9.23. The second kappa shape index (κ2) is 9.75. The third-order valence-corrected chi connectivity index (χ3v) is 5.58. The number of amides is 3. The smallest absolute Gasteiger partial charge is 0.338 e. The minimum Gasteiger partial charge on any atom is -0.462 e. The highest BCUT2D eigenvalue weighted by Gasteiger charge is 2.47. The number of ether oxygens (including phenoxy) is 1. The molecule has 1 aliphatic rings. The number of anilines is 1. The van der Waals surface area contributed by atoms with Crippen molar-refractivity contribution in [3.63, 3.8) is 0 Å². The molecule has 7 nitrogen and oxygen atoms in total. The maximum Gasteiger partial charge on any atom is 0.338 e. The summed E-state index contributed by atoms with van der Waals surface area (Å²) in [6.45, 7) is 7.46. The molecular weight excluding hydrogens is 444 g/mol. The molecule has 8 heteroatoms. The number of nitrogens with zero attached hydrogens (tertiary/aromatic N) is 2. The van der Waals surface area contributed by atoms with Crippen molar-refractivity contribution in [1.29, 1.82) is 0 Å². The summed E-state index contributed by atoms with van der Waals surface area (Å²) in [5.74, 6) is -1.60. The molecule has 1 heterocycles. The zero-order valence-corrected chi connectivity index (χ0v) is 19.9. The first kappa shape index (κ1) is 24.5. The van der Waals surface area contributed by atoms with E-state index in [0.717, 1.165) is 10.5 Å². The lowest BCUT2D eigenvalue weighted by molar-refractivity contribution is -0.143. The summed E-state index contributed by atoms with van der Waals surface area (Å²) >= 11 is 5.93. The van der Waals surface area contributed by atoms with Crippen molar-refractivity contribution in [3.05, 3.63) is 64.7 Å². The normalized spacial score (nSPS) is 16.2. The first-order chi connectivity index (χ1) is 15.5. The molecule has 0 spiro atoms. The molecule has 2 aromatic rings. The van der Waals surface area contributed by atoms with Gasteiger partial charge in [-0.15, -0.1) is 0 Å². The fraction of sp³-hybridized carbons (Fsp3) is 0.360. The largest absolute Gasteiger partial charge is 0.462 e. The first-order valence-corrected chi connectivity index (χ1v) is 11.1. The van der Waals surface area contributed by atoms with Crippen LogP contribution in [0.2, 0.25) is 5.02 Å². The van der Waals surface area contributed by atoms with Gasteiger partial charge >= 0.3 is 5.97 Å². The lowest BCUT2D eigenvalue weighted by atomic mass is 9.99. The van der Waals surface area contributed by atoms with E-state index in [1.807, 2.05) is 20.8 Å². The molecule has 0 N–H and O–H groups in total. The number of hydrogen-bond acceptors (Lipinski definition) is 5. The predicted molar refractivity (Wildman–Crippen MR) is 125 cm³/mol. The molecule has 1 saturated heterocycles. The highest BCUT2D eigenvalue weighted by atomic mass is 35.5. The highest BCUT2D eigenvalue weighted by Crippen LogP contribution is 2.30. The number of imide groups is 1. The van der Waals surface area contributed by atoms with Crippen LogP contribution in [-0.2, 0) is 25.5 Å². The van der Waals surface area contributed by atoms with Crippen LogP contribution in [-0.4, -0.2) is 46.8 Å². The predicted octanol–water partition coefficient (Wildman–Crippen LogP) is 4.02. The lowest BCUT2D eigenvalue weighted by Crippen LogP contribution is -2.55. The molecule has 0 bridgehead atoms. The van der Waals surface area contributed by atoms with E-state index in [0.29, 0.717) is 16.3 Å². The molecule has 0 radical (unpaired) electrons. The van der Waals surface area contributed by atoms with Crippen molar-refractivity contribution in [3.8, 4) is 0 Å². The van der Waals surface area contributed by atoms with E-state index >= 15 is 0 Å². The topological polar surface area (TPSA) is 84.0 Å². The summed E-state index contributed by atoms with van der Waals surface area (Å²) in [6.07, 6.45) is -0.0251. The average molecular weight is 471 g/mol. The number of rotatable bonds is 6. The van der Waals surface area contributed by atoms with Gasteiger partial charge in [0.15, 0.2) is 0 Å². The fourth-order valence-electron chi connectivity index (χ4n) is 3.93. The Bertz CT molecular complexity index is 1060. The number of esters is 1. The van der Waals surface area contributed by atoms with Gasteiger partial charge < -0.3 is 9.64 Å². The molecule has 2 aromatic carbocycles. The van der Waals surface area contributed by atoms with E-state index in [-0.39, 0.29) is 25.4 Å². The van der Waals surface area contributed by atoms with Gasteiger partial charge in [-0.05, 0) is 69.7 Å². The Kier molecular flexibility index (Phi) is 7.22. The average Bonchev–Trinajstić information content (AvgIpc) is 3.02. The van der Waals surface area contributed by atoms with E-state index < -0.39 is 29.4 Å². The number of carbonyl (C=O) groups excluding carboxylic acids is 4. The summed E-state index contributed by atoms with van der Waals surface area (Å²) in [5.41, 5.74) is 0.751. The summed E-state index contributed by atoms with van der Waals surface area (Å²) in [7, 11) is 0. The van der Waals surface area contributed by atoms with Crippen molar-refractivity contribution >= 4 is 41.0 Å². The Morgan fingerprint density at radius 3 is 2.21 bits per heavy atom. The van der Waals surface area contributed by atoms with Crippen LogP contribution in [0.4, 0.5) is 5.69 Å². The lowest BCUT2D eigenvalue weighted by Gasteiger charge is -2.39. The van der Waals surface area contributed by atoms with Gasteiger partial charge in [0, 0.05) is 10.6 Å². The number of carbonyl (C=O) groups is 4. The van der Waals surface area contributed by atoms with Crippen LogP contribution >= 0.6 is 11.6 Å². The van der Waals surface area contributed by atoms with Crippen LogP contribution in [0.3, 0.4) is 0 Å². The van der Waals surface area contributed by atoms with E-state index in [4.69, 9.17) is 16.3 Å². The SMILES string of the molecule is CCOC(=O)c1ccc(N2C(=O)CC(N(C(=O)Cc3ccc(Cl)cc3)C(C)(C)C)C2=O)cc1. The Morgan fingerprint density at radius 2 is 1.67 bits per heavy atom. The number of halogens is 1. The van der Waals surface area contributed by atoms with Gasteiger partial charge in [-0.25, -0.2) is 9.69 Å². The molecule has 174 valence electrons. The molecular formula is C25H27ClN2O5.